The van der Waals surface area contributed by atoms with Crippen molar-refractivity contribution in [1.29, 1.82) is 0 Å². The molecule has 2 aromatic rings. The highest BCUT2D eigenvalue weighted by atomic mass is 16.2. The van der Waals surface area contributed by atoms with E-state index in [0.717, 1.165) is 35.4 Å². The fraction of sp³-hybridized carbons (Fsp3) is 0.435. The lowest BCUT2D eigenvalue weighted by Gasteiger charge is -2.32. The van der Waals surface area contributed by atoms with E-state index >= 15 is 0 Å². The largest absolute Gasteiger partial charge is 0.348 e. The Morgan fingerprint density at radius 3 is 2.48 bits per heavy atom. The summed E-state index contributed by atoms with van der Waals surface area (Å²) in [5.74, 6) is 0.0849. The van der Waals surface area contributed by atoms with Gasteiger partial charge in [0.2, 0.25) is 0 Å². The van der Waals surface area contributed by atoms with Crippen molar-refractivity contribution in [1.82, 2.24) is 20.5 Å². The van der Waals surface area contributed by atoms with Gasteiger partial charge in [-0.25, -0.2) is 4.79 Å². The maximum Gasteiger partial charge on any atom is 0.317 e. The van der Waals surface area contributed by atoms with E-state index in [1.54, 1.807) is 0 Å². The first-order valence-electron chi connectivity index (χ1n) is 10.3. The minimum Gasteiger partial charge on any atom is -0.348 e. The Balaban J connectivity index is 1.70. The minimum absolute atomic E-state index is 0.0145. The van der Waals surface area contributed by atoms with Gasteiger partial charge in [0.05, 0.1) is 11.3 Å². The molecule has 1 aliphatic heterocycles. The van der Waals surface area contributed by atoms with Crippen molar-refractivity contribution in [2.45, 2.75) is 46.1 Å². The number of amides is 3. The van der Waals surface area contributed by atoms with Gasteiger partial charge in [0.25, 0.3) is 5.91 Å². The molecule has 0 bridgehead atoms. The number of nitrogens with one attached hydrogen (secondary N) is 2. The SMILES string of the molecule is CCNC(=O)N1CCC(c2nc(C)ccc2C(=O)NCc2ccccc2C)CC1. The molecule has 1 aliphatic rings. The number of nitrogens with zero attached hydrogens (tertiary/aromatic N) is 2. The second kappa shape index (κ2) is 9.54. The standard InChI is InChI=1S/C23H30N4O2/c1-4-24-23(29)27-13-11-18(12-14-27)21-20(10-9-17(3)26-21)22(28)25-15-19-8-6-5-7-16(19)2/h5-10,18H,4,11-15H2,1-3H3,(H,24,29)(H,25,28). The molecule has 1 saturated heterocycles. The van der Waals surface area contributed by atoms with Crippen LogP contribution in [0.15, 0.2) is 36.4 Å². The lowest BCUT2D eigenvalue weighted by Crippen LogP contribution is -2.44. The molecule has 3 amide bonds. The summed E-state index contributed by atoms with van der Waals surface area (Å²) in [7, 11) is 0. The van der Waals surface area contributed by atoms with Crippen LogP contribution in [0.25, 0.3) is 0 Å². The van der Waals surface area contributed by atoms with Gasteiger partial charge in [-0.2, -0.15) is 0 Å². The summed E-state index contributed by atoms with van der Waals surface area (Å²) in [5.41, 5.74) is 4.66. The number of benzene rings is 1. The molecule has 1 aromatic heterocycles. The first kappa shape index (κ1) is 20.8. The quantitative estimate of drug-likeness (QED) is 0.815. The topological polar surface area (TPSA) is 74.3 Å². The highest BCUT2D eigenvalue weighted by molar-refractivity contribution is 5.95. The number of likely N-dealkylation sites (tertiary alicyclic amines) is 1. The van der Waals surface area contributed by atoms with Crippen LogP contribution in [0.1, 0.15) is 58.6 Å². The van der Waals surface area contributed by atoms with E-state index in [-0.39, 0.29) is 17.9 Å². The summed E-state index contributed by atoms with van der Waals surface area (Å²) in [5, 5.41) is 5.90. The summed E-state index contributed by atoms with van der Waals surface area (Å²) < 4.78 is 0. The maximum absolute atomic E-state index is 12.9. The maximum atomic E-state index is 12.9. The molecule has 2 N–H and O–H groups in total. The van der Waals surface area contributed by atoms with Crippen LogP contribution < -0.4 is 10.6 Å². The van der Waals surface area contributed by atoms with Gasteiger partial charge < -0.3 is 15.5 Å². The van der Waals surface area contributed by atoms with Gasteiger partial charge in [-0.05, 0) is 56.9 Å². The zero-order valence-electron chi connectivity index (χ0n) is 17.5. The number of urea groups is 1. The zero-order chi connectivity index (χ0) is 20.8. The van der Waals surface area contributed by atoms with Crippen molar-refractivity contribution < 1.29 is 9.59 Å². The Bertz CT molecular complexity index is 873. The number of hydrogen-bond donors (Lipinski definition) is 2. The average molecular weight is 395 g/mol. The van der Waals surface area contributed by atoms with E-state index in [9.17, 15) is 9.59 Å². The van der Waals surface area contributed by atoms with Crippen LogP contribution in [0.2, 0.25) is 0 Å². The number of hydrogen-bond acceptors (Lipinski definition) is 3. The number of piperidine rings is 1. The van der Waals surface area contributed by atoms with Crippen molar-refractivity contribution in [2.24, 2.45) is 0 Å². The lowest BCUT2D eigenvalue weighted by molar-refractivity contribution is 0.0947. The summed E-state index contributed by atoms with van der Waals surface area (Å²) in [6.45, 7) is 8.39. The molecule has 0 atom stereocenters. The van der Waals surface area contributed by atoms with Gasteiger partial charge >= 0.3 is 6.03 Å². The van der Waals surface area contributed by atoms with Gasteiger partial charge in [0.1, 0.15) is 0 Å². The van der Waals surface area contributed by atoms with Crippen LogP contribution in [-0.2, 0) is 6.54 Å². The Labute approximate surface area is 172 Å². The zero-order valence-corrected chi connectivity index (χ0v) is 17.5. The average Bonchev–Trinajstić information content (AvgIpc) is 2.73. The molecule has 6 nitrogen and oxygen atoms in total. The van der Waals surface area contributed by atoms with E-state index in [2.05, 4.69) is 10.6 Å². The molecule has 29 heavy (non-hydrogen) atoms. The Kier molecular flexibility index (Phi) is 6.86. The van der Waals surface area contributed by atoms with Crippen molar-refractivity contribution in [3.63, 3.8) is 0 Å². The molecular weight excluding hydrogens is 364 g/mol. The highest BCUT2D eigenvalue weighted by Crippen LogP contribution is 2.29. The second-order valence-electron chi connectivity index (χ2n) is 7.59. The molecule has 2 heterocycles. The smallest absolute Gasteiger partial charge is 0.317 e. The van der Waals surface area contributed by atoms with E-state index < -0.39 is 0 Å². The molecule has 0 aliphatic carbocycles. The third-order valence-electron chi connectivity index (χ3n) is 5.51. The van der Waals surface area contributed by atoms with Crippen LogP contribution in [0.5, 0.6) is 0 Å². The molecule has 1 aromatic carbocycles. The summed E-state index contributed by atoms with van der Waals surface area (Å²) >= 11 is 0. The molecule has 1 fully saturated rings. The molecule has 0 spiro atoms. The normalized spacial score (nSPS) is 14.5. The van der Waals surface area contributed by atoms with Crippen LogP contribution in [0.3, 0.4) is 0 Å². The number of rotatable bonds is 5. The highest BCUT2D eigenvalue weighted by Gasteiger charge is 2.27. The molecule has 0 saturated carbocycles. The fourth-order valence-corrected chi connectivity index (χ4v) is 3.78. The lowest BCUT2D eigenvalue weighted by atomic mass is 9.90. The first-order chi connectivity index (χ1) is 14.0. The van der Waals surface area contributed by atoms with E-state index in [4.69, 9.17) is 4.98 Å². The Morgan fingerprint density at radius 1 is 1.07 bits per heavy atom. The molecule has 0 radical (unpaired) electrons. The van der Waals surface area contributed by atoms with Crippen LogP contribution >= 0.6 is 0 Å². The fourth-order valence-electron chi connectivity index (χ4n) is 3.78. The van der Waals surface area contributed by atoms with Crippen molar-refractivity contribution in [3.05, 3.63) is 64.5 Å². The van der Waals surface area contributed by atoms with Gasteiger partial charge in [-0.1, -0.05) is 24.3 Å². The van der Waals surface area contributed by atoms with Gasteiger partial charge in [-0.15, -0.1) is 0 Å². The van der Waals surface area contributed by atoms with Crippen molar-refractivity contribution >= 4 is 11.9 Å². The van der Waals surface area contributed by atoms with Crippen LogP contribution in [0, 0.1) is 13.8 Å². The monoisotopic (exact) mass is 394 g/mol. The first-order valence-corrected chi connectivity index (χ1v) is 10.3. The summed E-state index contributed by atoms with van der Waals surface area (Å²) in [6, 6.07) is 11.8. The predicted octanol–water partition coefficient (Wildman–Crippen LogP) is 3.54. The van der Waals surface area contributed by atoms with E-state index in [1.165, 1.54) is 0 Å². The molecule has 154 valence electrons. The third kappa shape index (κ3) is 5.13. The molecule has 0 unspecified atom stereocenters. The van der Waals surface area contributed by atoms with E-state index in [1.807, 2.05) is 62.1 Å². The number of carbonyl (C=O) groups excluding carboxylic acids is 2. The molecular formula is C23H30N4O2. The Hall–Kier alpha value is -2.89. The van der Waals surface area contributed by atoms with Crippen LogP contribution in [0.4, 0.5) is 4.79 Å². The van der Waals surface area contributed by atoms with Gasteiger partial charge in [0, 0.05) is 37.8 Å². The van der Waals surface area contributed by atoms with Gasteiger partial charge in [-0.3, -0.25) is 9.78 Å². The summed E-state index contributed by atoms with van der Waals surface area (Å²) in [4.78, 5) is 31.5. The van der Waals surface area contributed by atoms with Crippen molar-refractivity contribution in [3.8, 4) is 0 Å². The summed E-state index contributed by atoms with van der Waals surface area (Å²) in [6.07, 6.45) is 1.62. The van der Waals surface area contributed by atoms with Crippen molar-refractivity contribution in [2.75, 3.05) is 19.6 Å². The van der Waals surface area contributed by atoms with Gasteiger partial charge in [0.15, 0.2) is 0 Å². The minimum atomic E-state index is -0.0955. The second-order valence-corrected chi connectivity index (χ2v) is 7.59. The number of aryl methyl sites for hydroxylation is 2. The predicted molar refractivity (Wildman–Crippen MR) is 114 cm³/mol. The molecule has 3 rings (SSSR count). The number of pyridine rings is 1. The Morgan fingerprint density at radius 2 is 1.79 bits per heavy atom. The van der Waals surface area contributed by atoms with E-state index in [0.29, 0.717) is 31.7 Å². The third-order valence-corrected chi connectivity index (χ3v) is 5.51. The molecule has 6 heteroatoms. The number of aromatic nitrogens is 1. The number of carbonyl (C=O) groups is 2. The van der Waals surface area contributed by atoms with Crippen LogP contribution in [-0.4, -0.2) is 41.5 Å².